The molecule has 37 heavy (non-hydrogen) atoms. The maximum atomic E-state index is 13.8. The van der Waals surface area contributed by atoms with E-state index in [2.05, 4.69) is 5.32 Å². The normalized spacial score (nSPS) is 14.9. The first kappa shape index (κ1) is 26.7. The minimum atomic E-state index is -3.78. The molecule has 3 aromatic carbocycles. The zero-order chi connectivity index (χ0) is 26.4. The predicted octanol–water partition coefficient (Wildman–Crippen LogP) is 4.12. The SMILES string of the molecule is C[C@H](C(=O)NC1CCCC1)N(CCc1ccccc1)C(=O)CN(c1cccc2ccccc12)S(C)(=O)=O. The number of sulfonamides is 1. The third kappa shape index (κ3) is 6.68. The van der Waals surface area contributed by atoms with Gasteiger partial charge in [0.15, 0.2) is 0 Å². The Morgan fingerprint density at radius 1 is 0.946 bits per heavy atom. The van der Waals surface area contributed by atoms with Crippen LogP contribution in [0.5, 0.6) is 0 Å². The Morgan fingerprint density at radius 3 is 2.30 bits per heavy atom. The van der Waals surface area contributed by atoms with Crippen molar-refractivity contribution in [3.8, 4) is 0 Å². The van der Waals surface area contributed by atoms with Gasteiger partial charge < -0.3 is 10.2 Å². The van der Waals surface area contributed by atoms with Crippen molar-refractivity contribution in [2.24, 2.45) is 0 Å². The van der Waals surface area contributed by atoms with Gasteiger partial charge in [-0.3, -0.25) is 13.9 Å². The minimum absolute atomic E-state index is 0.129. The Balaban J connectivity index is 1.61. The van der Waals surface area contributed by atoms with Crippen LogP contribution in [0.4, 0.5) is 5.69 Å². The van der Waals surface area contributed by atoms with Crippen LogP contribution in [0.15, 0.2) is 72.8 Å². The Bertz CT molecular complexity index is 1330. The maximum Gasteiger partial charge on any atom is 0.244 e. The van der Waals surface area contributed by atoms with Crippen molar-refractivity contribution in [3.63, 3.8) is 0 Å². The molecule has 1 atom stereocenters. The van der Waals surface area contributed by atoms with Crippen LogP contribution in [0.2, 0.25) is 0 Å². The van der Waals surface area contributed by atoms with E-state index in [-0.39, 0.29) is 18.5 Å². The van der Waals surface area contributed by atoms with Crippen LogP contribution in [0.25, 0.3) is 10.8 Å². The maximum absolute atomic E-state index is 13.8. The zero-order valence-corrected chi connectivity index (χ0v) is 22.3. The second-order valence-electron chi connectivity index (χ2n) is 9.76. The lowest BCUT2D eigenvalue weighted by Crippen LogP contribution is -2.53. The largest absolute Gasteiger partial charge is 0.352 e. The summed E-state index contributed by atoms with van der Waals surface area (Å²) in [5.41, 5.74) is 1.48. The molecule has 0 unspecified atom stereocenters. The molecule has 0 aliphatic heterocycles. The van der Waals surface area contributed by atoms with Gasteiger partial charge in [-0.25, -0.2) is 8.42 Å². The van der Waals surface area contributed by atoms with Crippen molar-refractivity contribution < 1.29 is 18.0 Å². The van der Waals surface area contributed by atoms with Crippen molar-refractivity contribution in [1.29, 1.82) is 0 Å². The number of hydrogen-bond acceptors (Lipinski definition) is 4. The molecule has 0 spiro atoms. The highest BCUT2D eigenvalue weighted by Gasteiger charge is 2.31. The number of anilines is 1. The molecule has 0 radical (unpaired) electrons. The van der Waals surface area contributed by atoms with Crippen molar-refractivity contribution in [1.82, 2.24) is 10.2 Å². The molecule has 0 saturated heterocycles. The molecular formula is C29H35N3O4S. The van der Waals surface area contributed by atoms with Gasteiger partial charge in [-0.2, -0.15) is 0 Å². The molecule has 0 bridgehead atoms. The molecule has 8 heteroatoms. The van der Waals surface area contributed by atoms with E-state index in [1.165, 1.54) is 4.90 Å². The standard InChI is InChI=1S/C29H35N3O4S/c1-22(29(34)30-25-15-7-8-16-25)31(20-19-23-11-4-3-5-12-23)28(33)21-32(37(2,35)36)27-18-10-14-24-13-6-9-17-26(24)27/h3-6,9-14,17-18,22,25H,7-8,15-16,19-21H2,1-2H3,(H,30,34)/t22-/m1/s1. The fourth-order valence-corrected chi connectivity index (χ4v) is 5.84. The molecule has 0 heterocycles. The zero-order valence-electron chi connectivity index (χ0n) is 21.5. The summed E-state index contributed by atoms with van der Waals surface area (Å²) in [4.78, 5) is 28.4. The molecule has 1 aliphatic carbocycles. The van der Waals surface area contributed by atoms with Crippen molar-refractivity contribution in [2.75, 3.05) is 23.7 Å². The molecule has 3 aromatic rings. The Hall–Kier alpha value is -3.39. The van der Waals surface area contributed by atoms with Crippen LogP contribution in [-0.2, 0) is 26.0 Å². The lowest BCUT2D eigenvalue weighted by molar-refractivity contribution is -0.139. The fraction of sp³-hybridized carbons (Fsp3) is 0.379. The molecular weight excluding hydrogens is 486 g/mol. The summed E-state index contributed by atoms with van der Waals surface area (Å²) in [6.07, 6.45) is 5.72. The number of nitrogens with one attached hydrogen (secondary N) is 1. The van der Waals surface area contributed by atoms with Crippen LogP contribution in [-0.4, -0.2) is 56.6 Å². The minimum Gasteiger partial charge on any atom is -0.352 e. The number of carbonyl (C=O) groups excluding carboxylic acids is 2. The summed E-state index contributed by atoms with van der Waals surface area (Å²) in [6.45, 7) is 1.63. The third-order valence-electron chi connectivity index (χ3n) is 7.07. The monoisotopic (exact) mass is 521 g/mol. The van der Waals surface area contributed by atoms with Crippen LogP contribution in [0.1, 0.15) is 38.2 Å². The van der Waals surface area contributed by atoms with Gasteiger partial charge in [0.2, 0.25) is 21.8 Å². The van der Waals surface area contributed by atoms with Gasteiger partial charge in [0.05, 0.1) is 11.9 Å². The second-order valence-corrected chi connectivity index (χ2v) is 11.7. The first-order valence-corrected chi connectivity index (χ1v) is 14.7. The lowest BCUT2D eigenvalue weighted by Gasteiger charge is -2.32. The molecule has 0 aromatic heterocycles. The highest BCUT2D eigenvalue weighted by Crippen LogP contribution is 2.28. The molecule has 2 amide bonds. The van der Waals surface area contributed by atoms with Gasteiger partial charge >= 0.3 is 0 Å². The molecule has 1 N–H and O–H groups in total. The Morgan fingerprint density at radius 2 is 1.59 bits per heavy atom. The number of hydrogen-bond donors (Lipinski definition) is 1. The highest BCUT2D eigenvalue weighted by atomic mass is 32.2. The summed E-state index contributed by atoms with van der Waals surface area (Å²) >= 11 is 0. The second kappa shape index (κ2) is 11.8. The summed E-state index contributed by atoms with van der Waals surface area (Å²) in [6, 6.07) is 22.0. The predicted molar refractivity (Wildman–Crippen MR) is 148 cm³/mol. The molecule has 1 saturated carbocycles. The van der Waals surface area contributed by atoms with Gasteiger partial charge in [0.25, 0.3) is 0 Å². The van der Waals surface area contributed by atoms with E-state index in [9.17, 15) is 18.0 Å². The average molecular weight is 522 g/mol. The number of rotatable bonds is 10. The summed E-state index contributed by atoms with van der Waals surface area (Å²) in [7, 11) is -3.78. The number of fused-ring (bicyclic) bond motifs is 1. The number of benzene rings is 3. The van der Waals surface area contributed by atoms with E-state index >= 15 is 0 Å². The molecule has 4 rings (SSSR count). The van der Waals surface area contributed by atoms with Gasteiger partial charge in [0, 0.05) is 18.0 Å². The molecule has 1 aliphatic rings. The van der Waals surface area contributed by atoms with E-state index in [0.29, 0.717) is 18.7 Å². The van der Waals surface area contributed by atoms with Crippen LogP contribution in [0.3, 0.4) is 0 Å². The van der Waals surface area contributed by atoms with E-state index in [1.54, 1.807) is 19.1 Å². The topological polar surface area (TPSA) is 86.8 Å². The Kier molecular flexibility index (Phi) is 8.48. The van der Waals surface area contributed by atoms with E-state index in [4.69, 9.17) is 0 Å². The van der Waals surface area contributed by atoms with Gasteiger partial charge in [-0.1, -0.05) is 79.6 Å². The third-order valence-corrected chi connectivity index (χ3v) is 8.19. The average Bonchev–Trinajstić information content (AvgIpc) is 3.40. The van der Waals surface area contributed by atoms with E-state index in [0.717, 1.165) is 52.6 Å². The quantitative estimate of drug-likeness (QED) is 0.435. The first-order chi connectivity index (χ1) is 17.7. The molecule has 7 nitrogen and oxygen atoms in total. The smallest absolute Gasteiger partial charge is 0.244 e. The number of nitrogens with zero attached hydrogens (tertiary/aromatic N) is 2. The van der Waals surface area contributed by atoms with Crippen molar-refractivity contribution >= 4 is 38.3 Å². The lowest BCUT2D eigenvalue weighted by atomic mass is 10.1. The van der Waals surface area contributed by atoms with Crippen LogP contribution in [0, 0.1) is 0 Å². The summed E-state index contributed by atoms with van der Waals surface area (Å²) < 4.78 is 27.0. The van der Waals surface area contributed by atoms with E-state index in [1.807, 2.05) is 60.7 Å². The number of amides is 2. The fourth-order valence-electron chi connectivity index (χ4n) is 4.98. The Labute approximate surface area is 219 Å². The van der Waals surface area contributed by atoms with Crippen molar-refractivity contribution in [2.45, 2.75) is 51.1 Å². The highest BCUT2D eigenvalue weighted by molar-refractivity contribution is 7.92. The van der Waals surface area contributed by atoms with Crippen molar-refractivity contribution in [3.05, 3.63) is 78.4 Å². The van der Waals surface area contributed by atoms with Gasteiger partial charge in [-0.15, -0.1) is 0 Å². The van der Waals surface area contributed by atoms with Gasteiger partial charge in [-0.05, 0) is 43.2 Å². The van der Waals surface area contributed by atoms with Gasteiger partial charge in [0.1, 0.15) is 12.6 Å². The first-order valence-electron chi connectivity index (χ1n) is 12.8. The summed E-state index contributed by atoms with van der Waals surface area (Å²) in [5, 5.41) is 4.71. The van der Waals surface area contributed by atoms with Crippen LogP contribution < -0.4 is 9.62 Å². The number of carbonyl (C=O) groups is 2. The molecule has 196 valence electrons. The van der Waals surface area contributed by atoms with E-state index < -0.39 is 22.0 Å². The molecule has 1 fully saturated rings. The van der Waals surface area contributed by atoms with Crippen LogP contribution >= 0.6 is 0 Å². The summed E-state index contributed by atoms with van der Waals surface area (Å²) in [5.74, 6) is -0.618.